The van der Waals surface area contributed by atoms with E-state index >= 15 is 0 Å². The summed E-state index contributed by atoms with van der Waals surface area (Å²) in [7, 11) is 0. The lowest BCUT2D eigenvalue weighted by Gasteiger charge is -2.29. The predicted octanol–water partition coefficient (Wildman–Crippen LogP) is 2.70. The first kappa shape index (κ1) is 21.0. The van der Waals surface area contributed by atoms with Crippen molar-refractivity contribution >= 4 is 41.5 Å². The Labute approximate surface area is 165 Å². The molecule has 2 heterocycles. The Bertz CT molecular complexity index is 651. The summed E-state index contributed by atoms with van der Waals surface area (Å²) in [5.41, 5.74) is 1.05. The van der Waals surface area contributed by atoms with Gasteiger partial charge < -0.3 is 20.3 Å². The Morgan fingerprint density at radius 3 is 2.65 bits per heavy atom. The van der Waals surface area contributed by atoms with Crippen LogP contribution in [0.25, 0.3) is 0 Å². The standard InChI is InChI=1S/C18H24ClN3O3.ClH/c1-12-16(20-7-10-25-12)17(23)21-13-5-6-14(15(19)11-13)18(24)22-8-3-2-4-9-22;/h5-6,11-12,16,20H,2-4,7-10H2,1H3,(H,21,23);1H/t12-,16+;/m1./s1. The molecule has 0 aliphatic carbocycles. The van der Waals surface area contributed by atoms with Gasteiger partial charge in [-0.15, -0.1) is 12.4 Å². The van der Waals surface area contributed by atoms with Gasteiger partial charge in [-0.1, -0.05) is 11.6 Å². The second kappa shape index (κ2) is 9.55. The Hall–Kier alpha value is -1.34. The van der Waals surface area contributed by atoms with Crippen LogP contribution in [0.5, 0.6) is 0 Å². The van der Waals surface area contributed by atoms with Gasteiger partial charge in [0.25, 0.3) is 5.91 Å². The van der Waals surface area contributed by atoms with Crippen molar-refractivity contribution in [2.75, 3.05) is 31.6 Å². The number of hydrogen-bond acceptors (Lipinski definition) is 4. The molecule has 2 N–H and O–H groups in total. The van der Waals surface area contributed by atoms with Crippen LogP contribution >= 0.6 is 24.0 Å². The van der Waals surface area contributed by atoms with E-state index < -0.39 is 6.04 Å². The second-order valence-electron chi connectivity index (χ2n) is 6.54. The number of ether oxygens (including phenoxy) is 1. The summed E-state index contributed by atoms with van der Waals surface area (Å²) in [5, 5.41) is 6.34. The molecule has 2 amide bonds. The third-order valence-electron chi connectivity index (χ3n) is 4.71. The molecule has 0 saturated carbocycles. The molecule has 3 rings (SSSR count). The van der Waals surface area contributed by atoms with E-state index in [-0.39, 0.29) is 30.3 Å². The van der Waals surface area contributed by atoms with Crippen LogP contribution in [0.3, 0.4) is 0 Å². The highest BCUT2D eigenvalue weighted by Gasteiger charge is 2.28. The van der Waals surface area contributed by atoms with E-state index in [0.29, 0.717) is 29.4 Å². The van der Waals surface area contributed by atoms with Gasteiger partial charge in [0.15, 0.2) is 0 Å². The first-order valence-corrected chi connectivity index (χ1v) is 9.19. The number of likely N-dealkylation sites (tertiary alicyclic amines) is 1. The van der Waals surface area contributed by atoms with Gasteiger partial charge in [-0.05, 0) is 44.4 Å². The van der Waals surface area contributed by atoms with Crippen LogP contribution in [0.4, 0.5) is 5.69 Å². The molecule has 0 aromatic heterocycles. The fraction of sp³-hybridized carbons (Fsp3) is 0.556. The number of piperidine rings is 1. The summed E-state index contributed by atoms with van der Waals surface area (Å²) in [6, 6.07) is 4.63. The molecule has 6 nitrogen and oxygen atoms in total. The number of amides is 2. The topological polar surface area (TPSA) is 70.7 Å². The minimum atomic E-state index is -0.401. The second-order valence-corrected chi connectivity index (χ2v) is 6.95. The monoisotopic (exact) mass is 401 g/mol. The molecule has 0 radical (unpaired) electrons. The first-order chi connectivity index (χ1) is 12.1. The van der Waals surface area contributed by atoms with Gasteiger partial charge in [-0.2, -0.15) is 0 Å². The van der Waals surface area contributed by atoms with Crippen molar-refractivity contribution < 1.29 is 14.3 Å². The Morgan fingerprint density at radius 1 is 1.27 bits per heavy atom. The van der Waals surface area contributed by atoms with Crippen molar-refractivity contribution in [2.24, 2.45) is 0 Å². The maximum absolute atomic E-state index is 12.6. The fourth-order valence-electron chi connectivity index (χ4n) is 3.28. The van der Waals surface area contributed by atoms with Gasteiger partial charge >= 0.3 is 0 Å². The number of nitrogens with one attached hydrogen (secondary N) is 2. The maximum Gasteiger partial charge on any atom is 0.255 e. The molecule has 0 unspecified atom stereocenters. The average Bonchev–Trinajstić information content (AvgIpc) is 2.62. The van der Waals surface area contributed by atoms with Crippen molar-refractivity contribution in [3.63, 3.8) is 0 Å². The molecular weight excluding hydrogens is 377 g/mol. The number of carbonyl (C=O) groups excluding carboxylic acids is 2. The molecule has 1 aromatic rings. The van der Waals surface area contributed by atoms with Crippen LogP contribution < -0.4 is 10.6 Å². The summed E-state index contributed by atoms with van der Waals surface area (Å²) in [4.78, 5) is 26.8. The molecule has 2 fully saturated rings. The number of halogens is 2. The van der Waals surface area contributed by atoms with Crippen molar-refractivity contribution in [2.45, 2.75) is 38.3 Å². The van der Waals surface area contributed by atoms with Crippen LogP contribution in [0.2, 0.25) is 5.02 Å². The third-order valence-corrected chi connectivity index (χ3v) is 5.02. The molecular formula is C18H25Cl2N3O3. The number of rotatable bonds is 3. The van der Waals surface area contributed by atoms with Crippen molar-refractivity contribution in [3.8, 4) is 0 Å². The lowest BCUT2D eigenvalue weighted by molar-refractivity contribution is -0.123. The minimum absolute atomic E-state index is 0. The molecule has 2 atom stereocenters. The van der Waals surface area contributed by atoms with E-state index in [4.69, 9.17) is 16.3 Å². The van der Waals surface area contributed by atoms with Crippen LogP contribution in [0.1, 0.15) is 36.5 Å². The smallest absolute Gasteiger partial charge is 0.255 e. The highest BCUT2D eigenvalue weighted by atomic mass is 35.5. The van der Waals surface area contributed by atoms with Crippen molar-refractivity contribution in [3.05, 3.63) is 28.8 Å². The zero-order valence-corrected chi connectivity index (χ0v) is 16.4. The summed E-state index contributed by atoms with van der Waals surface area (Å²) < 4.78 is 5.49. The SMILES string of the molecule is C[C@H]1OCCN[C@@H]1C(=O)Nc1ccc(C(=O)N2CCCCC2)c(Cl)c1.Cl. The highest BCUT2D eigenvalue weighted by molar-refractivity contribution is 6.34. The van der Waals surface area contributed by atoms with Gasteiger partial charge in [0.05, 0.1) is 23.3 Å². The van der Waals surface area contributed by atoms with Crippen LogP contribution in [0.15, 0.2) is 18.2 Å². The molecule has 2 aliphatic heterocycles. The van der Waals surface area contributed by atoms with E-state index in [0.717, 1.165) is 25.9 Å². The summed E-state index contributed by atoms with van der Waals surface area (Å²) >= 11 is 6.30. The van der Waals surface area contributed by atoms with E-state index in [1.165, 1.54) is 6.42 Å². The molecule has 8 heteroatoms. The third kappa shape index (κ3) is 4.88. The van der Waals surface area contributed by atoms with Gasteiger partial charge in [0.2, 0.25) is 5.91 Å². The van der Waals surface area contributed by atoms with E-state index in [1.54, 1.807) is 18.2 Å². The maximum atomic E-state index is 12.6. The highest BCUT2D eigenvalue weighted by Crippen LogP contribution is 2.24. The predicted molar refractivity (Wildman–Crippen MR) is 104 cm³/mol. The molecule has 0 bridgehead atoms. The number of hydrogen-bond donors (Lipinski definition) is 2. The zero-order chi connectivity index (χ0) is 17.8. The average molecular weight is 402 g/mol. The van der Waals surface area contributed by atoms with Crippen molar-refractivity contribution in [1.82, 2.24) is 10.2 Å². The minimum Gasteiger partial charge on any atom is -0.375 e. The van der Waals surface area contributed by atoms with Gasteiger partial charge in [0, 0.05) is 25.3 Å². The van der Waals surface area contributed by atoms with E-state index in [2.05, 4.69) is 10.6 Å². The van der Waals surface area contributed by atoms with Crippen LogP contribution in [-0.4, -0.2) is 55.1 Å². The summed E-state index contributed by atoms with van der Waals surface area (Å²) in [6.45, 7) is 4.66. The van der Waals surface area contributed by atoms with Gasteiger partial charge in [-0.25, -0.2) is 0 Å². The number of carbonyl (C=O) groups is 2. The van der Waals surface area contributed by atoms with E-state index in [9.17, 15) is 9.59 Å². The Morgan fingerprint density at radius 2 is 2.00 bits per heavy atom. The van der Waals surface area contributed by atoms with Gasteiger partial charge in [0.1, 0.15) is 6.04 Å². The largest absolute Gasteiger partial charge is 0.375 e. The molecule has 144 valence electrons. The molecule has 1 aromatic carbocycles. The van der Waals surface area contributed by atoms with Gasteiger partial charge in [-0.3, -0.25) is 9.59 Å². The number of morpholine rings is 1. The Balaban J connectivity index is 0.00000243. The van der Waals surface area contributed by atoms with E-state index in [1.807, 2.05) is 11.8 Å². The quantitative estimate of drug-likeness (QED) is 0.816. The normalized spacial score (nSPS) is 23.1. The summed E-state index contributed by atoms with van der Waals surface area (Å²) in [5.74, 6) is -0.211. The lowest BCUT2D eigenvalue weighted by Crippen LogP contribution is -2.53. The molecule has 2 saturated heterocycles. The lowest BCUT2D eigenvalue weighted by atomic mass is 10.1. The molecule has 26 heavy (non-hydrogen) atoms. The van der Waals surface area contributed by atoms with Crippen LogP contribution in [0, 0.1) is 0 Å². The Kier molecular flexibility index (Phi) is 7.70. The van der Waals surface area contributed by atoms with Crippen molar-refractivity contribution in [1.29, 1.82) is 0 Å². The fourth-order valence-corrected chi connectivity index (χ4v) is 3.54. The molecule has 2 aliphatic rings. The summed E-state index contributed by atoms with van der Waals surface area (Å²) in [6.07, 6.45) is 3.04. The number of benzene rings is 1. The number of anilines is 1. The van der Waals surface area contributed by atoms with Crippen LogP contribution in [-0.2, 0) is 9.53 Å². The zero-order valence-electron chi connectivity index (χ0n) is 14.8. The molecule has 0 spiro atoms. The first-order valence-electron chi connectivity index (χ1n) is 8.81. The number of nitrogens with zero attached hydrogens (tertiary/aromatic N) is 1.